The molecule has 0 saturated carbocycles. The van der Waals surface area contributed by atoms with Crippen molar-refractivity contribution >= 4 is 34.0 Å². The highest BCUT2D eigenvalue weighted by Crippen LogP contribution is 2.11. The summed E-state index contributed by atoms with van der Waals surface area (Å²) in [4.78, 5) is 34.5. The molecule has 1 aliphatic heterocycles. The zero-order valence-electron chi connectivity index (χ0n) is 4.59. The molecule has 0 aliphatic carbocycles. The van der Waals surface area contributed by atoms with Crippen LogP contribution in [0.5, 0.6) is 0 Å². The lowest BCUT2D eigenvalue weighted by Gasteiger charge is -2.40. The summed E-state index contributed by atoms with van der Waals surface area (Å²) in [5.41, 5.74) is 0. The lowest BCUT2D eigenvalue weighted by molar-refractivity contribution is 0.0203. The lowest BCUT2D eigenvalue weighted by Crippen LogP contribution is -2.62. The Morgan fingerprint density at radius 2 is 1.30 bits per heavy atom. The maximum atomic E-state index is 8.62. The molecule has 0 atom stereocenters. The van der Waals surface area contributed by atoms with E-state index in [9.17, 15) is 0 Å². The quantitative estimate of drug-likeness (QED) is 0.299. The first-order chi connectivity index (χ1) is 4.41. The topological polar surface area (TPSA) is 109 Å². The van der Waals surface area contributed by atoms with Gasteiger partial charge in [0.05, 0.1) is 0 Å². The number of hydrogen-bond acceptors (Lipinski definition) is 7. The van der Waals surface area contributed by atoms with Gasteiger partial charge in [-0.05, 0) is 0 Å². The van der Waals surface area contributed by atoms with Crippen LogP contribution >= 0.6 is 0 Å². The van der Waals surface area contributed by atoms with Gasteiger partial charge in [-0.3, -0.25) is 0 Å². The molecule has 0 aromatic rings. The summed E-state index contributed by atoms with van der Waals surface area (Å²) < 4.78 is 12.3. The van der Waals surface area contributed by atoms with Crippen molar-refractivity contribution in [3.8, 4) is 0 Å². The highest BCUT2D eigenvalue weighted by molar-refractivity contribution is 6.73. The molecule has 58 valence electrons. The van der Waals surface area contributed by atoms with Crippen molar-refractivity contribution in [1.82, 2.24) is 0 Å². The van der Waals surface area contributed by atoms with Crippen molar-refractivity contribution < 1.29 is 30.3 Å². The number of hydrogen-bond donors (Lipinski definition) is 4. The van der Waals surface area contributed by atoms with E-state index in [0.29, 0.717) is 0 Å². The van der Waals surface area contributed by atoms with E-state index in [0.717, 1.165) is 0 Å². The molecular formula is H4AlO7Si2-. The molecule has 1 rings (SSSR count). The van der Waals surface area contributed by atoms with Crippen LogP contribution in [0.2, 0.25) is 0 Å². The van der Waals surface area contributed by atoms with E-state index < -0.39 is 34.0 Å². The molecule has 0 spiro atoms. The minimum absolute atomic E-state index is 1.25. The molecule has 0 amide bonds. The molecule has 0 aromatic carbocycles. The summed E-state index contributed by atoms with van der Waals surface area (Å²) in [5.74, 6) is 0. The van der Waals surface area contributed by atoms with Gasteiger partial charge < -0.3 is 30.3 Å². The average Bonchev–Trinajstić information content (AvgIpc) is 1.56. The summed E-state index contributed by atoms with van der Waals surface area (Å²) in [6.45, 7) is 0. The highest BCUT2D eigenvalue weighted by atomic mass is 28.5. The first kappa shape index (κ1) is 8.78. The van der Waals surface area contributed by atoms with Gasteiger partial charge in [0.2, 0.25) is 0 Å². The van der Waals surface area contributed by atoms with Crippen molar-refractivity contribution in [1.29, 1.82) is 0 Å². The fourth-order valence-electron chi connectivity index (χ4n) is 0.371. The van der Waals surface area contributed by atoms with Gasteiger partial charge in [-0.25, -0.2) is 0 Å². The molecule has 0 bridgehead atoms. The van der Waals surface area contributed by atoms with E-state index in [1.54, 1.807) is 0 Å². The highest BCUT2D eigenvalue weighted by Gasteiger charge is 2.47. The van der Waals surface area contributed by atoms with Crippen LogP contribution < -0.4 is 0 Å². The van der Waals surface area contributed by atoms with E-state index in [2.05, 4.69) is 11.1 Å². The van der Waals surface area contributed by atoms with Gasteiger partial charge in [0.1, 0.15) is 15.9 Å². The Labute approximate surface area is 64.8 Å². The first-order valence-corrected chi connectivity index (χ1v) is 6.55. The average molecular weight is 199 g/mol. The Hall–Kier alpha value is 0.686. The molecule has 4 N–H and O–H groups in total. The van der Waals surface area contributed by atoms with Gasteiger partial charge in [-0.2, -0.15) is 0 Å². The molecule has 0 unspecified atom stereocenters. The molecule has 2 radical (unpaired) electrons. The van der Waals surface area contributed by atoms with Crippen molar-refractivity contribution in [2.45, 2.75) is 0 Å². The van der Waals surface area contributed by atoms with Crippen molar-refractivity contribution in [2.24, 2.45) is 0 Å². The second kappa shape index (κ2) is 2.62. The smallest absolute Gasteiger partial charge is 0.605 e. The van der Waals surface area contributed by atoms with Gasteiger partial charge in [-0.1, -0.05) is 0 Å². The number of rotatable bonds is 0. The Balaban J connectivity index is 2.56. The molecule has 10 heteroatoms. The van der Waals surface area contributed by atoms with Crippen LogP contribution in [0, 0.1) is 0 Å². The Morgan fingerprint density at radius 3 is 1.50 bits per heavy atom. The predicted octanol–water partition coefficient (Wildman–Crippen LogP) is -3.58. The Morgan fingerprint density at radius 1 is 0.900 bits per heavy atom. The van der Waals surface area contributed by atoms with E-state index >= 15 is 0 Å². The van der Waals surface area contributed by atoms with Gasteiger partial charge in [0.15, 0.2) is 0 Å². The van der Waals surface area contributed by atoms with Crippen LogP contribution in [0.3, 0.4) is 0 Å². The predicted molar refractivity (Wildman–Crippen MR) is 29.4 cm³/mol. The van der Waals surface area contributed by atoms with Crippen molar-refractivity contribution in [2.75, 3.05) is 0 Å². The van der Waals surface area contributed by atoms with Gasteiger partial charge in [0.25, 0.3) is 0 Å². The van der Waals surface area contributed by atoms with Gasteiger partial charge in [0, 0.05) is 0 Å². The third kappa shape index (κ3) is 2.38. The Kier molecular flexibility index (Phi) is 2.30. The summed E-state index contributed by atoms with van der Waals surface area (Å²) in [6, 6.07) is 0. The van der Waals surface area contributed by atoms with Crippen LogP contribution in [0.4, 0.5) is 0 Å². The lowest BCUT2D eigenvalue weighted by atomic mass is 15.6. The maximum Gasteiger partial charge on any atom is 0.605 e. The molecular weight excluding hydrogens is 195 g/mol. The minimum atomic E-state index is -4.25. The summed E-state index contributed by atoms with van der Waals surface area (Å²) in [7, 11) is -8.50. The zero-order valence-corrected chi connectivity index (χ0v) is 7.75. The second-order valence-electron chi connectivity index (χ2n) is 1.53. The third-order valence-electron chi connectivity index (χ3n) is 0.669. The van der Waals surface area contributed by atoms with E-state index in [1.807, 2.05) is 0 Å². The SMILES string of the molecule is O[Si]1(O)[O][Al-][O][Si](O)(O)O1. The third-order valence-corrected chi connectivity index (χ3v) is 6.02. The second-order valence-corrected chi connectivity index (χ2v) is 6.62. The summed E-state index contributed by atoms with van der Waals surface area (Å²) in [6.07, 6.45) is 0. The normalized spacial score (nSPS) is 30.0. The van der Waals surface area contributed by atoms with E-state index in [-0.39, 0.29) is 0 Å². The van der Waals surface area contributed by atoms with Crippen LogP contribution in [0.1, 0.15) is 0 Å². The van der Waals surface area contributed by atoms with Gasteiger partial charge >= 0.3 is 18.1 Å². The molecule has 1 aliphatic rings. The van der Waals surface area contributed by atoms with Crippen LogP contribution in [0.15, 0.2) is 0 Å². The molecule has 1 heterocycles. The van der Waals surface area contributed by atoms with Crippen molar-refractivity contribution in [3.05, 3.63) is 0 Å². The summed E-state index contributed by atoms with van der Waals surface area (Å²) >= 11 is -1.25. The van der Waals surface area contributed by atoms with Gasteiger partial charge in [-0.15, -0.1) is 0 Å². The first-order valence-electron chi connectivity index (χ1n) is 2.18. The minimum Gasteiger partial charge on any atom is -0.660 e. The molecule has 7 nitrogen and oxygen atoms in total. The molecule has 1 saturated heterocycles. The largest absolute Gasteiger partial charge is 0.660 e. The van der Waals surface area contributed by atoms with Crippen molar-refractivity contribution in [3.63, 3.8) is 0 Å². The fraction of sp³-hybridized carbons (Fsp3) is 0. The summed E-state index contributed by atoms with van der Waals surface area (Å²) in [5, 5.41) is 0. The maximum absolute atomic E-state index is 8.62. The Bertz CT molecular complexity index is 118. The van der Waals surface area contributed by atoms with Crippen LogP contribution in [-0.4, -0.2) is 53.2 Å². The fourth-order valence-corrected chi connectivity index (χ4v) is 4.64. The standard InChI is InChI=1S/Al.H4O7Si2/c;1-8(2,3)7-9(4,5)6/h;1-2,4-5H/q+1;-2. The van der Waals surface area contributed by atoms with Crippen LogP contribution in [-0.2, 0) is 11.1 Å². The molecule has 1 fully saturated rings. The van der Waals surface area contributed by atoms with E-state index in [4.69, 9.17) is 19.2 Å². The zero-order chi connectivity index (χ0) is 7.83. The van der Waals surface area contributed by atoms with E-state index in [1.165, 1.54) is 0 Å². The molecule has 0 aromatic heterocycles. The monoisotopic (exact) mass is 199 g/mol. The van der Waals surface area contributed by atoms with Crippen LogP contribution in [0.25, 0.3) is 0 Å². The molecule has 10 heavy (non-hydrogen) atoms.